The predicted octanol–water partition coefficient (Wildman–Crippen LogP) is 2.19. The van der Waals surface area contributed by atoms with E-state index in [1.807, 2.05) is 36.4 Å². The van der Waals surface area contributed by atoms with E-state index < -0.39 is 16.1 Å². The van der Waals surface area contributed by atoms with Crippen molar-refractivity contribution in [1.82, 2.24) is 4.72 Å². The molecule has 7 heteroatoms. The zero-order chi connectivity index (χ0) is 16.2. The Balaban J connectivity index is 2.12. The lowest BCUT2D eigenvalue weighted by Crippen LogP contribution is -2.32. The number of nitriles is 1. The second-order valence-electron chi connectivity index (χ2n) is 4.62. The van der Waals surface area contributed by atoms with E-state index in [1.165, 1.54) is 18.2 Å². The molecule has 1 atom stereocenters. The van der Waals surface area contributed by atoms with Gasteiger partial charge in [0, 0.05) is 12.6 Å². The summed E-state index contributed by atoms with van der Waals surface area (Å²) >= 11 is 5.85. The van der Waals surface area contributed by atoms with Crippen LogP contribution in [-0.4, -0.2) is 15.0 Å². The van der Waals surface area contributed by atoms with Crippen LogP contribution < -0.4 is 10.5 Å². The summed E-state index contributed by atoms with van der Waals surface area (Å²) in [6.07, 6.45) is 0. The van der Waals surface area contributed by atoms with Crippen LogP contribution in [0.15, 0.2) is 53.4 Å². The third kappa shape index (κ3) is 3.84. The fraction of sp³-hybridized carbons (Fsp3) is 0.133. The summed E-state index contributed by atoms with van der Waals surface area (Å²) in [4.78, 5) is -0.00300. The minimum atomic E-state index is -3.73. The summed E-state index contributed by atoms with van der Waals surface area (Å²) in [5.74, 6) is 0. The molecule has 0 amide bonds. The van der Waals surface area contributed by atoms with E-state index in [0.717, 1.165) is 5.56 Å². The molecule has 0 bridgehead atoms. The minimum absolute atomic E-state index is 0.00300. The lowest BCUT2D eigenvalue weighted by Gasteiger charge is -2.13. The average Bonchev–Trinajstić information content (AvgIpc) is 2.53. The lowest BCUT2D eigenvalue weighted by molar-refractivity contribution is 0.572. The second kappa shape index (κ2) is 6.90. The fourth-order valence-corrected chi connectivity index (χ4v) is 3.23. The van der Waals surface area contributed by atoms with Gasteiger partial charge in [0.25, 0.3) is 0 Å². The van der Waals surface area contributed by atoms with E-state index in [1.54, 1.807) is 0 Å². The van der Waals surface area contributed by atoms with Crippen LogP contribution in [0.1, 0.15) is 17.2 Å². The highest BCUT2D eigenvalue weighted by Crippen LogP contribution is 2.20. The van der Waals surface area contributed by atoms with E-state index >= 15 is 0 Å². The zero-order valence-corrected chi connectivity index (χ0v) is 13.1. The van der Waals surface area contributed by atoms with Gasteiger partial charge in [0.2, 0.25) is 10.0 Å². The highest BCUT2D eigenvalue weighted by Gasteiger charge is 2.17. The van der Waals surface area contributed by atoms with E-state index in [-0.39, 0.29) is 22.0 Å². The van der Waals surface area contributed by atoms with Crippen molar-refractivity contribution in [1.29, 1.82) is 5.26 Å². The fourth-order valence-electron chi connectivity index (χ4n) is 1.85. The molecule has 114 valence electrons. The third-order valence-corrected chi connectivity index (χ3v) is 4.83. The molecular weight excluding hydrogens is 322 g/mol. The van der Waals surface area contributed by atoms with Gasteiger partial charge in [0.05, 0.1) is 15.5 Å². The van der Waals surface area contributed by atoms with Crippen LogP contribution in [0, 0.1) is 11.3 Å². The maximum absolute atomic E-state index is 12.2. The van der Waals surface area contributed by atoms with Crippen molar-refractivity contribution >= 4 is 21.6 Å². The van der Waals surface area contributed by atoms with E-state index in [9.17, 15) is 8.42 Å². The maximum Gasteiger partial charge on any atom is 0.240 e. The number of halogens is 1. The molecule has 0 aliphatic heterocycles. The molecule has 0 unspecified atom stereocenters. The predicted molar refractivity (Wildman–Crippen MR) is 84.7 cm³/mol. The smallest absolute Gasteiger partial charge is 0.240 e. The molecule has 0 saturated carbocycles. The van der Waals surface area contributed by atoms with Gasteiger partial charge in [-0.25, -0.2) is 13.1 Å². The van der Waals surface area contributed by atoms with Gasteiger partial charge in [-0.05, 0) is 23.8 Å². The van der Waals surface area contributed by atoms with Crippen LogP contribution in [0.5, 0.6) is 0 Å². The number of hydrogen-bond donors (Lipinski definition) is 2. The van der Waals surface area contributed by atoms with Crippen LogP contribution in [0.2, 0.25) is 5.02 Å². The van der Waals surface area contributed by atoms with Crippen LogP contribution in [0.4, 0.5) is 0 Å². The largest absolute Gasteiger partial charge is 0.323 e. The maximum atomic E-state index is 12.2. The van der Waals surface area contributed by atoms with Gasteiger partial charge in [-0.1, -0.05) is 41.9 Å². The van der Waals surface area contributed by atoms with Gasteiger partial charge >= 0.3 is 0 Å². The summed E-state index contributed by atoms with van der Waals surface area (Å²) in [6.45, 7) is 0.0595. The first-order valence-electron chi connectivity index (χ1n) is 6.44. The van der Waals surface area contributed by atoms with Crippen molar-refractivity contribution in [2.75, 3.05) is 6.54 Å². The number of nitrogens with one attached hydrogen (secondary N) is 1. The Morgan fingerprint density at radius 2 is 1.91 bits per heavy atom. The Labute approximate surface area is 134 Å². The molecule has 0 aliphatic rings. The number of nitrogens with two attached hydrogens (primary N) is 1. The molecule has 0 aliphatic carbocycles. The Morgan fingerprint density at radius 1 is 1.23 bits per heavy atom. The van der Waals surface area contributed by atoms with Crippen LogP contribution in [0.3, 0.4) is 0 Å². The first-order chi connectivity index (χ1) is 10.4. The van der Waals surface area contributed by atoms with Gasteiger partial charge in [-0.2, -0.15) is 5.26 Å². The van der Waals surface area contributed by atoms with E-state index in [2.05, 4.69) is 4.72 Å². The first-order valence-corrected chi connectivity index (χ1v) is 8.30. The standard InChI is InChI=1S/C15H14ClN3O2S/c16-14-8-13(7-6-12(14)9-17)22(20,21)19-10-15(18)11-4-2-1-3-5-11/h1-8,15,19H,10,18H2/t15-/m0/s1. The van der Waals surface area contributed by atoms with Crippen LogP contribution >= 0.6 is 11.6 Å². The Kier molecular flexibility index (Phi) is 5.16. The number of benzene rings is 2. The van der Waals surface area contributed by atoms with Gasteiger partial charge in [0.15, 0.2) is 0 Å². The monoisotopic (exact) mass is 335 g/mol. The van der Waals surface area contributed by atoms with Gasteiger partial charge in [-0.3, -0.25) is 0 Å². The summed E-state index contributed by atoms with van der Waals surface area (Å²) in [5.41, 5.74) is 7.02. The number of nitrogens with zero attached hydrogens (tertiary/aromatic N) is 1. The molecule has 0 heterocycles. The normalized spacial score (nSPS) is 12.6. The topological polar surface area (TPSA) is 96.0 Å². The summed E-state index contributed by atoms with van der Waals surface area (Å²) in [7, 11) is -3.73. The van der Waals surface area contributed by atoms with Gasteiger partial charge < -0.3 is 5.73 Å². The SMILES string of the molecule is N#Cc1ccc(S(=O)(=O)NC[C@H](N)c2ccccc2)cc1Cl. The quantitative estimate of drug-likeness (QED) is 0.875. The molecule has 5 nitrogen and oxygen atoms in total. The number of rotatable bonds is 5. The molecule has 0 fully saturated rings. The van der Waals surface area contributed by atoms with Crippen molar-refractivity contribution in [2.24, 2.45) is 5.73 Å². The molecule has 2 aromatic carbocycles. The molecule has 0 saturated heterocycles. The third-order valence-electron chi connectivity index (χ3n) is 3.09. The molecule has 2 aromatic rings. The van der Waals surface area contributed by atoms with Gasteiger partial charge in [-0.15, -0.1) is 0 Å². The first kappa shape index (κ1) is 16.5. The summed E-state index contributed by atoms with van der Waals surface area (Å²) in [5, 5.41) is 8.89. The summed E-state index contributed by atoms with van der Waals surface area (Å²) < 4.78 is 26.9. The van der Waals surface area contributed by atoms with Crippen molar-refractivity contribution in [3.8, 4) is 6.07 Å². The van der Waals surface area contributed by atoms with Crippen molar-refractivity contribution < 1.29 is 8.42 Å². The van der Waals surface area contributed by atoms with Crippen molar-refractivity contribution in [3.05, 3.63) is 64.7 Å². The molecule has 3 N–H and O–H groups in total. The van der Waals surface area contributed by atoms with Gasteiger partial charge in [0.1, 0.15) is 6.07 Å². The number of sulfonamides is 1. The number of hydrogen-bond acceptors (Lipinski definition) is 4. The molecular formula is C15H14ClN3O2S. The highest BCUT2D eigenvalue weighted by molar-refractivity contribution is 7.89. The van der Waals surface area contributed by atoms with E-state index in [0.29, 0.717) is 0 Å². The minimum Gasteiger partial charge on any atom is -0.323 e. The van der Waals surface area contributed by atoms with Crippen molar-refractivity contribution in [2.45, 2.75) is 10.9 Å². The molecule has 0 spiro atoms. The summed E-state index contributed by atoms with van der Waals surface area (Å²) in [6, 6.07) is 14.6. The molecule has 22 heavy (non-hydrogen) atoms. The van der Waals surface area contributed by atoms with Crippen molar-refractivity contribution in [3.63, 3.8) is 0 Å². The van der Waals surface area contributed by atoms with E-state index in [4.69, 9.17) is 22.6 Å². The lowest BCUT2D eigenvalue weighted by atomic mass is 10.1. The Morgan fingerprint density at radius 3 is 2.50 bits per heavy atom. The van der Waals surface area contributed by atoms with Crippen LogP contribution in [-0.2, 0) is 10.0 Å². The highest BCUT2D eigenvalue weighted by atomic mass is 35.5. The van der Waals surface area contributed by atoms with Crippen LogP contribution in [0.25, 0.3) is 0 Å². The average molecular weight is 336 g/mol. The molecule has 0 aromatic heterocycles. The second-order valence-corrected chi connectivity index (χ2v) is 6.80. The Bertz CT molecular complexity index is 801. The Hall–Kier alpha value is -1.91. The zero-order valence-electron chi connectivity index (χ0n) is 11.5. The molecule has 0 radical (unpaired) electrons. The molecule has 2 rings (SSSR count).